The van der Waals surface area contributed by atoms with E-state index < -0.39 is 0 Å². The zero-order valence-electron chi connectivity index (χ0n) is 14.5. The van der Waals surface area contributed by atoms with Gasteiger partial charge >= 0.3 is 11.7 Å². The maximum absolute atomic E-state index is 12.4. The highest BCUT2D eigenvalue weighted by molar-refractivity contribution is 5.84. The standard InChI is InChI=1S/C16H19N7O4/c17-13-12-14-22-15(21-13)26-6-2-5-18-10(24)8-27-11-4-1-3-9(19-11)7-23(14)16(25)20-12/h1,3,9H,2,4-8H2,(H,18,24)(H,20,25)(H2,17,21,22). The number of nitrogens with one attached hydrogen (secondary N) is 2. The lowest BCUT2D eigenvalue weighted by molar-refractivity contribution is -0.123. The molecule has 0 spiro atoms. The van der Waals surface area contributed by atoms with Gasteiger partial charge in [0.15, 0.2) is 24.0 Å². The first-order valence-corrected chi connectivity index (χ1v) is 8.62. The van der Waals surface area contributed by atoms with E-state index in [9.17, 15) is 9.59 Å². The van der Waals surface area contributed by atoms with Crippen LogP contribution in [0.15, 0.2) is 21.9 Å². The van der Waals surface area contributed by atoms with Gasteiger partial charge in [-0.25, -0.2) is 9.79 Å². The van der Waals surface area contributed by atoms with Crippen molar-refractivity contribution in [1.82, 2.24) is 24.8 Å². The van der Waals surface area contributed by atoms with Crippen molar-refractivity contribution in [1.29, 1.82) is 0 Å². The number of fused-ring (bicyclic) bond motifs is 2. The molecule has 27 heavy (non-hydrogen) atoms. The smallest absolute Gasteiger partial charge is 0.327 e. The first-order chi connectivity index (χ1) is 13.1. The average molecular weight is 373 g/mol. The summed E-state index contributed by atoms with van der Waals surface area (Å²) in [7, 11) is 0. The summed E-state index contributed by atoms with van der Waals surface area (Å²) in [6.45, 7) is 0.847. The zero-order chi connectivity index (χ0) is 18.8. The number of dihydropyridines is 1. The second-order valence-corrected chi connectivity index (χ2v) is 6.19. The van der Waals surface area contributed by atoms with Crippen LogP contribution < -0.4 is 21.5 Å². The minimum absolute atomic E-state index is 0.0814. The lowest BCUT2D eigenvalue weighted by Gasteiger charge is -2.17. The number of nitrogens with zero attached hydrogens (tertiary/aromatic N) is 4. The van der Waals surface area contributed by atoms with Gasteiger partial charge in [-0.05, 0) is 6.42 Å². The van der Waals surface area contributed by atoms with E-state index in [-0.39, 0.29) is 42.6 Å². The number of carbonyl (C=O) groups excluding carboxylic acids is 1. The molecule has 2 aliphatic heterocycles. The molecule has 4 N–H and O–H groups in total. The number of nitrogen functional groups attached to an aromatic ring is 1. The average Bonchev–Trinajstić information content (AvgIpc) is 2.96. The Labute approximate surface area is 153 Å². The van der Waals surface area contributed by atoms with Crippen LogP contribution in [0.5, 0.6) is 6.01 Å². The fourth-order valence-electron chi connectivity index (χ4n) is 2.92. The largest absolute Gasteiger partial charge is 0.471 e. The molecule has 4 bridgehead atoms. The number of imidazole rings is 1. The van der Waals surface area contributed by atoms with Crippen LogP contribution in [0.25, 0.3) is 11.2 Å². The zero-order valence-corrected chi connectivity index (χ0v) is 14.5. The van der Waals surface area contributed by atoms with Crippen molar-refractivity contribution in [3.63, 3.8) is 0 Å². The number of aliphatic imine (C=N–C) groups is 1. The number of hydrogen-bond donors (Lipinski definition) is 3. The van der Waals surface area contributed by atoms with E-state index >= 15 is 0 Å². The van der Waals surface area contributed by atoms with E-state index in [0.29, 0.717) is 43.1 Å². The lowest BCUT2D eigenvalue weighted by Crippen LogP contribution is -2.31. The summed E-state index contributed by atoms with van der Waals surface area (Å²) < 4.78 is 12.5. The van der Waals surface area contributed by atoms with E-state index in [1.165, 1.54) is 4.57 Å². The maximum Gasteiger partial charge on any atom is 0.327 e. The molecule has 0 aromatic carbocycles. The van der Waals surface area contributed by atoms with Crippen LogP contribution in [0.2, 0.25) is 0 Å². The number of aromatic amines is 1. The van der Waals surface area contributed by atoms with Crippen LogP contribution >= 0.6 is 0 Å². The Hall–Kier alpha value is -3.37. The third-order valence-corrected chi connectivity index (χ3v) is 4.20. The molecule has 11 heteroatoms. The number of hydrogen-bond acceptors (Lipinski definition) is 8. The van der Waals surface area contributed by atoms with Gasteiger partial charge in [-0.2, -0.15) is 9.97 Å². The van der Waals surface area contributed by atoms with Gasteiger partial charge in [0.25, 0.3) is 5.91 Å². The molecule has 2 aromatic heterocycles. The topological polar surface area (TPSA) is 150 Å². The Morgan fingerprint density at radius 1 is 1.26 bits per heavy atom. The molecular formula is C16H19N7O4. The highest BCUT2D eigenvalue weighted by atomic mass is 16.5. The van der Waals surface area contributed by atoms with Crippen molar-refractivity contribution in [3.8, 4) is 6.01 Å². The van der Waals surface area contributed by atoms with Gasteiger partial charge in [-0.1, -0.05) is 12.2 Å². The van der Waals surface area contributed by atoms with Crippen molar-refractivity contribution >= 4 is 28.8 Å². The molecule has 0 radical (unpaired) electrons. The van der Waals surface area contributed by atoms with Gasteiger partial charge in [0.05, 0.1) is 19.2 Å². The monoisotopic (exact) mass is 373 g/mol. The number of ether oxygens (including phenoxy) is 2. The summed E-state index contributed by atoms with van der Waals surface area (Å²) in [6.07, 6.45) is 4.83. The van der Waals surface area contributed by atoms with Crippen LogP contribution in [-0.2, 0) is 16.1 Å². The fraction of sp³-hybridized carbons (Fsp3) is 0.438. The summed E-state index contributed by atoms with van der Waals surface area (Å²) in [5.74, 6) is 0.352. The molecule has 1 amide bonds. The van der Waals surface area contributed by atoms with Crippen LogP contribution in [0.1, 0.15) is 12.8 Å². The van der Waals surface area contributed by atoms with Crippen molar-refractivity contribution in [2.45, 2.75) is 25.4 Å². The van der Waals surface area contributed by atoms with E-state index in [1.807, 2.05) is 12.2 Å². The van der Waals surface area contributed by atoms with Crippen molar-refractivity contribution in [2.75, 3.05) is 25.5 Å². The van der Waals surface area contributed by atoms with E-state index in [2.05, 4.69) is 25.3 Å². The SMILES string of the molecule is Nc1nc2nc3c1[nH]c(=O)n3CC1C=CCC(=N1)OCC(=O)NCCCO2. The van der Waals surface area contributed by atoms with Gasteiger partial charge in [-0.3, -0.25) is 9.36 Å². The Bertz CT molecular complexity index is 991. The molecular weight excluding hydrogens is 354 g/mol. The number of nitrogens with two attached hydrogens (primary N) is 1. The van der Waals surface area contributed by atoms with E-state index in [4.69, 9.17) is 15.2 Å². The lowest BCUT2D eigenvalue weighted by atomic mass is 10.2. The molecule has 11 nitrogen and oxygen atoms in total. The Morgan fingerprint density at radius 3 is 3.04 bits per heavy atom. The van der Waals surface area contributed by atoms with Gasteiger partial charge in [0.2, 0.25) is 0 Å². The second-order valence-electron chi connectivity index (χ2n) is 6.19. The van der Waals surface area contributed by atoms with Gasteiger partial charge in [-0.15, -0.1) is 0 Å². The number of H-pyrrole nitrogens is 1. The van der Waals surface area contributed by atoms with E-state index in [0.717, 1.165) is 0 Å². The third-order valence-electron chi connectivity index (χ3n) is 4.20. The molecule has 142 valence electrons. The summed E-state index contributed by atoms with van der Waals surface area (Å²) in [6, 6.07) is -0.250. The van der Waals surface area contributed by atoms with Crippen molar-refractivity contribution in [2.24, 2.45) is 4.99 Å². The predicted octanol–water partition coefficient (Wildman–Crippen LogP) is -0.656. The maximum atomic E-state index is 12.4. The normalized spacial score (nSPS) is 20.7. The minimum Gasteiger partial charge on any atom is -0.471 e. The first kappa shape index (κ1) is 17.1. The molecule has 0 fully saturated rings. The Balaban J connectivity index is 1.72. The minimum atomic E-state index is -0.361. The number of aromatic nitrogens is 4. The molecule has 0 saturated heterocycles. The summed E-state index contributed by atoms with van der Waals surface area (Å²) in [5, 5.41) is 2.74. The third kappa shape index (κ3) is 3.61. The highest BCUT2D eigenvalue weighted by Gasteiger charge is 2.19. The van der Waals surface area contributed by atoms with Gasteiger partial charge < -0.3 is 25.5 Å². The van der Waals surface area contributed by atoms with Crippen molar-refractivity contribution < 1.29 is 14.3 Å². The number of rotatable bonds is 0. The molecule has 2 aliphatic rings. The summed E-state index contributed by atoms with van der Waals surface area (Å²) in [4.78, 5) is 39.7. The highest BCUT2D eigenvalue weighted by Crippen LogP contribution is 2.19. The second kappa shape index (κ2) is 7.09. The fourth-order valence-corrected chi connectivity index (χ4v) is 2.92. The summed E-state index contributed by atoms with van der Waals surface area (Å²) >= 11 is 0. The van der Waals surface area contributed by atoms with Gasteiger partial charge in [0, 0.05) is 13.0 Å². The molecule has 0 saturated carbocycles. The molecule has 0 aliphatic carbocycles. The first-order valence-electron chi connectivity index (χ1n) is 8.62. The molecule has 4 rings (SSSR count). The number of anilines is 1. The molecule has 4 heterocycles. The van der Waals surface area contributed by atoms with Crippen molar-refractivity contribution in [3.05, 3.63) is 22.6 Å². The molecule has 2 aromatic rings. The predicted molar refractivity (Wildman–Crippen MR) is 96.6 cm³/mol. The Kier molecular flexibility index (Phi) is 4.48. The summed E-state index contributed by atoms with van der Waals surface area (Å²) in [5.41, 5.74) is 6.30. The van der Waals surface area contributed by atoms with Crippen LogP contribution in [0.4, 0.5) is 5.82 Å². The number of amides is 1. The number of carbonyl (C=O) groups is 1. The quantitative estimate of drug-likeness (QED) is 0.519. The van der Waals surface area contributed by atoms with E-state index in [1.54, 1.807) is 0 Å². The van der Waals surface area contributed by atoms with Crippen LogP contribution in [0.3, 0.4) is 0 Å². The van der Waals surface area contributed by atoms with Crippen LogP contribution in [0, 0.1) is 0 Å². The Morgan fingerprint density at radius 2 is 2.15 bits per heavy atom. The molecule has 1 unspecified atom stereocenters. The van der Waals surface area contributed by atoms with Crippen LogP contribution in [-0.4, -0.2) is 57.1 Å². The molecule has 1 atom stereocenters. The van der Waals surface area contributed by atoms with Gasteiger partial charge in [0.1, 0.15) is 5.52 Å².